The van der Waals surface area contributed by atoms with Crippen LogP contribution < -0.4 is 20.9 Å². The van der Waals surface area contributed by atoms with Gasteiger partial charge in [-0.05, 0) is 42.3 Å². The highest BCUT2D eigenvalue weighted by atomic mass is 16.2. The van der Waals surface area contributed by atoms with Crippen LogP contribution in [0.2, 0.25) is 0 Å². The van der Waals surface area contributed by atoms with Gasteiger partial charge < -0.3 is 25.8 Å². The van der Waals surface area contributed by atoms with Gasteiger partial charge in [0.15, 0.2) is 0 Å². The van der Waals surface area contributed by atoms with Gasteiger partial charge in [0, 0.05) is 63.1 Å². The third kappa shape index (κ3) is 7.48. The van der Waals surface area contributed by atoms with Crippen molar-refractivity contribution in [1.29, 1.82) is 0 Å². The number of aromatic nitrogens is 1. The topological polar surface area (TPSA) is 107 Å². The molecule has 176 valence electrons. The standard InChI is InChI=1S/C24H32N6O3/c1-18(2)17-27-23(32)19-6-8-20(9-7-19)28-24(33)26-12-10-22(31)30-15-13-29(14-16-30)21-5-3-4-11-25-21/h3-9,11,18H,10,12-17H2,1-2H3,(H,27,32)(H2,26,28,33). The normalized spacial score (nSPS) is 13.5. The van der Waals surface area contributed by atoms with E-state index in [2.05, 4.69) is 25.8 Å². The molecule has 33 heavy (non-hydrogen) atoms. The van der Waals surface area contributed by atoms with Crippen LogP contribution in [0.25, 0.3) is 0 Å². The van der Waals surface area contributed by atoms with Crippen LogP contribution in [0.15, 0.2) is 48.7 Å². The fourth-order valence-electron chi connectivity index (χ4n) is 3.45. The van der Waals surface area contributed by atoms with Crippen molar-refractivity contribution in [3.8, 4) is 0 Å². The highest BCUT2D eigenvalue weighted by molar-refractivity contribution is 5.95. The fourth-order valence-corrected chi connectivity index (χ4v) is 3.45. The van der Waals surface area contributed by atoms with Crippen molar-refractivity contribution >= 4 is 29.4 Å². The first kappa shape index (κ1) is 24.0. The van der Waals surface area contributed by atoms with Crippen LogP contribution in [0.1, 0.15) is 30.6 Å². The van der Waals surface area contributed by atoms with Crippen LogP contribution in [-0.2, 0) is 4.79 Å². The molecule has 0 bridgehead atoms. The summed E-state index contributed by atoms with van der Waals surface area (Å²) < 4.78 is 0. The lowest BCUT2D eigenvalue weighted by Crippen LogP contribution is -2.49. The van der Waals surface area contributed by atoms with Crippen molar-refractivity contribution in [2.24, 2.45) is 5.92 Å². The zero-order valence-electron chi connectivity index (χ0n) is 19.2. The van der Waals surface area contributed by atoms with Gasteiger partial charge in [0.2, 0.25) is 5.91 Å². The summed E-state index contributed by atoms with van der Waals surface area (Å²) in [7, 11) is 0. The molecule has 0 radical (unpaired) electrons. The van der Waals surface area contributed by atoms with Crippen LogP contribution in [0.5, 0.6) is 0 Å². The molecule has 0 atom stereocenters. The molecule has 9 nitrogen and oxygen atoms in total. The van der Waals surface area contributed by atoms with E-state index in [9.17, 15) is 14.4 Å². The minimum atomic E-state index is -0.389. The molecule has 2 aromatic rings. The Kier molecular flexibility index (Phi) is 8.63. The zero-order chi connectivity index (χ0) is 23.6. The van der Waals surface area contributed by atoms with Gasteiger partial charge in [0.1, 0.15) is 5.82 Å². The molecule has 0 saturated carbocycles. The molecule has 2 heterocycles. The molecule has 3 rings (SSSR count). The van der Waals surface area contributed by atoms with E-state index in [-0.39, 0.29) is 30.8 Å². The number of rotatable bonds is 8. The highest BCUT2D eigenvalue weighted by Gasteiger charge is 2.21. The number of urea groups is 1. The van der Waals surface area contributed by atoms with Crippen LogP contribution >= 0.6 is 0 Å². The minimum Gasteiger partial charge on any atom is -0.353 e. The first-order valence-electron chi connectivity index (χ1n) is 11.3. The number of piperazine rings is 1. The second-order valence-corrected chi connectivity index (χ2v) is 8.37. The lowest BCUT2D eigenvalue weighted by Gasteiger charge is -2.35. The second kappa shape index (κ2) is 11.8. The Morgan fingerprint density at radius 2 is 1.70 bits per heavy atom. The molecule has 1 fully saturated rings. The molecule has 0 unspecified atom stereocenters. The van der Waals surface area contributed by atoms with Crippen molar-refractivity contribution < 1.29 is 14.4 Å². The number of carbonyl (C=O) groups excluding carboxylic acids is 3. The van der Waals surface area contributed by atoms with E-state index in [0.717, 1.165) is 18.9 Å². The van der Waals surface area contributed by atoms with Gasteiger partial charge >= 0.3 is 6.03 Å². The van der Waals surface area contributed by atoms with Crippen LogP contribution in [-0.4, -0.2) is 67.0 Å². The Bertz CT molecular complexity index is 925. The van der Waals surface area contributed by atoms with Crippen molar-refractivity contribution in [3.05, 3.63) is 54.2 Å². The quantitative estimate of drug-likeness (QED) is 0.570. The van der Waals surface area contributed by atoms with Crippen molar-refractivity contribution in [3.63, 3.8) is 0 Å². The number of amides is 4. The van der Waals surface area contributed by atoms with Gasteiger partial charge in [0.25, 0.3) is 5.91 Å². The number of nitrogens with zero attached hydrogens (tertiary/aromatic N) is 3. The highest BCUT2D eigenvalue weighted by Crippen LogP contribution is 2.13. The molecular formula is C24H32N6O3. The summed E-state index contributed by atoms with van der Waals surface area (Å²) in [4.78, 5) is 45.0. The largest absolute Gasteiger partial charge is 0.353 e. The van der Waals surface area contributed by atoms with Crippen LogP contribution in [0.3, 0.4) is 0 Å². The van der Waals surface area contributed by atoms with Gasteiger partial charge in [-0.25, -0.2) is 9.78 Å². The summed E-state index contributed by atoms with van der Waals surface area (Å²) in [6.45, 7) is 7.68. The molecule has 3 N–H and O–H groups in total. The molecule has 4 amide bonds. The van der Waals surface area contributed by atoms with Crippen molar-refractivity contribution in [2.75, 3.05) is 49.5 Å². The summed E-state index contributed by atoms with van der Waals surface area (Å²) in [5.41, 5.74) is 1.11. The van der Waals surface area contributed by atoms with Crippen LogP contribution in [0.4, 0.5) is 16.3 Å². The predicted octanol–water partition coefficient (Wildman–Crippen LogP) is 2.33. The maximum Gasteiger partial charge on any atom is 0.319 e. The molecule has 0 spiro atoms. The van der Waals surface area contributed by atoms with E-state index in [1.165, 1.54) is 0 Å². The lowest BCUT2D eigenvalue weighted by molar-refractivity contribution is -0.131. The summed E-state index contributed by atoms with van der Waals surface area (Å²) in [6.07, 6.45) is 2.01. The number of pyridine rings is 1. The van der Waals surface area contributed by atoms with Gasteiger partial charge in [-0.3, -0.25) is 9.59 Å². The Morgan fingerprint density at radius 1 is 0.970 bits per heavy atom. The van der Waals surface area contributed by atoms with Crippen molar-refractivity contribution in [1.82, 2.24) is 20.5 Å². The first-order valence-corrected chi connectivity index (χ1v) is 11.3. The number of anilines is 2. The Hall–Kier alpha value is -3.62. The smallest absolute Gasteiger partial charge is 0.319 e. The minimum absolute atomic E-state index is 0.0210. The SMILES string of the molecule is CC(C)CNC(=O)c1ccc(NC(=O)NCCC(=O)N2CCN(c3ccccn3)CC2)cc1. The third-order valence-electron chi connectivity index (χ3n) is 5.31. The van der Waals surface area contributed by atoms with E-state index < -0.39 is 0 Å². The average molecular weight is 453 g/mol. The first-order chi connectivity index (χ1) is 15.9. The molecule has 1 aromatic carbocycles. The van der Waals surface area contributed by atoms with E-state index in [0.29, 0.717) is 36.8 Å². The molecule has 0 aliphatic carbocycles. The lowest BCUT2D eigenvalue weighted by atomic mass is 10.1. The number of hydrogen-bond acceptors (Lipinski definition) is 5. The zero-order valence-corrected chi connectivity index (χ0v) is 19.2. The molecule has 1 aliphatic rings. The van der Waals surface area contributed by atoms with E-state index >= 15 is 0 Å². The summed E-state index contributed by atoms with van der Waals surface area (Å²) in [5.74, 6) is 1.18. The number of nitrogens with one attached hydrogen (secondary N) is 3. The monoisotopic (exact) mass is 452 g/mol. The van der Waals surface area contributed by atoms with Gasteiger partial charge in [0.05, 0.1) is 0 Å². The average Bonchev–Trinajstić information content (AvgIpc) is 2.83. The van der Waals surface area contributed by atoms with Crippen LogP contribution in [0, 0.1) is 5.92 Å². The molecule has 1 aliphatic heterocycles. The number of benzene rings is 1. The van der Waals surface area contributed by atoms with E-state index in [1.54, 1.807) is 30.5 Å². The van der Waals surface area contributed by atoms with E-state index in [1.807, 2.05) is 36.9 Å². The predicted molar refractivity (Wildman–Crippen MR) is 128 cm³/mol. The Morgan fingerprint density at radius 3 is 2.33 bits per heavy atom. The van der Waals surface area contributed by atoms with Gasteiger partial charge in [-0.2, -0.15) is 0 Å². The Balaban J connectivity index is 1.35. The van der Waals surface area contributed by atoms with Crippen molar-refractivity contribution in [2.45, 2.75) is 20.3 Å². The second-order valence-electron chi connectivity index (χ2n) is 8.37. The molecule has 1 saturated heterocycles. The van der Waals surface area contributed by atoms with E-state index in [4.69, 9.17) is 0 Å². The maximum atomic E-state index is 12.5. The number of hydrogen-bond donors (Lipinski definition) is 3. The molecule has 9 heteroatoms. The van der Waals surface area contributed by atoms with Gasteiger partial charge in [-0.1, -0.05) is 19.9 Å². The Labute approximate surface area is 194 Å². The summed E-state index contributed by atoms with van der Waals surface area (Å²) >= 11 is 0. The fraction of sp³-hybridized carbons (Fsp3) is 0.417. The summed E-state index contributed by atoms with van der Waals surface area (Å²) in [5, 5.41) is 8.28. The maximum absolute atomic E-state index is 12.5. The summed E-state index contributed by atoms with van der Waals surface area (Å²) in [6, 6.07) is 12.1. The van der Waals surface area contributed by atoms with Gasteiger partial charge in [-0.15, -0.1) is 0 Å². The molecular weight excluding hydrogens is 420 g/mol. The number of carbonyl (C=O) groups is 3. The molecule has 1 aromatic heterocycles. The third-order valence-corrected chi connectivity index (χ3v) is 5.31.